The number of likely N-dealkylation sites (tertiary alicyclic amines) is 1. The molecule has 5 rings (SSSR count). The van der Waals surface area contributed by atoms with E-state index in [-0.39, 0.29) is 42.7 Å². The minimum absolute atomic E-state index is 0.0766. The Labute approximate surface area is 206 Å². The van der Waals surface area contributed by atoms with Gasteiger partial charge in [0.05, 0.1) is 10.5 Å². The van der Waals surface area contributed by atoms with E-state index in [4.69, 9.17) is 10.5 Å². The Bertz CT molecular complexity index is 1420. The van der Waals surface area contributed by atoms with Crippen LogP contribution in [0.5, 0.6) is 5.75 Å². The molecule has 0 saturated carbocycles. The largest absolute Gasteiger partial charge is 0.488 e. The van der Waals surface area contributed by atoms with E-state index in [1.54, 1.807) is 18.2 Å². The van der Waals surface area contributed by atoms with Gasteiger partial charge in [-0.2, -0.15) is 9.40 Å². The number of hydrogen-bond acceptors (Lipinski definition) is 7. The number of nitrogens with zero attached hydrogens (tertiary/aromatic N) is 3. The molecule has 2 aliphatic rings. The molecule has 0 unspecified atom stereocenters. The number of nitrogens with one attached hydrogen (secondary N) is 2. The van der Waals surface area contributed by atoms with Crippen molar-refractivity contribution in [3.05, 3.63) is 64.9 Å². The average Bonchev–Trinajstić information content (AvgIpc) is 3.19. The maximum atomic E-state index is 13.6. The number of fused-ring (bicyclic) bond motifs is 1. The number of H-pyrrole nitrogens is 1. The predicted molar refractivity (Wildman–Crippen MR) is 127 cm³/mol. The van der Waals surface area contributed by atoms with Gasteiger partial charge >= 0.3 is 0 Å². The van der Waals surface area contributed by atoms with E-state index in [1.807, 2.05) is 7.05 Å². The van der Waals surface area contributed by atoms with Crippen molar-refractivity contribution in [1.29, 1.82) is 0 Å². The first-order chi connectivity index (χ1) is 17.1. The summed E-state index contributed by atoms with van der Waals surface area (Å²) in [7, 11) is -2.19. The van der Waals surface area contributed by atoms with Crippen molar-refractivity contribution < 1.29 is 26.7 Å². The molecule has 13 heteroatoms. The average molecular weight is 519 g/mol. The summed E-state index contributed by atoms with van der Waals surface area (Å²) in [6.45, 7) is 1.56. The second-order valence-corrected chi connectivity index (χ2v) is 10.8. The first kappa shape index (κ1) is 24.2. The van der Waals surface area contributed by atoms with Crippen molar-refractivity contribution in [2.75, 3.05) is 37.7 Å². The molecule has 10 nitrogen and oxygen atoms in total. The van der Waals surface area contributed by atoms with E-state index in [9.17, 15) is 22.0 Å². The number of nitrogens with two attached hydrogens (primary N) is 1. The van der Waals surface area contributed by atoms with Crippen molar-refractivity contribution in [2.45, 2.75) is 24.0 Å². The predicted octanol–water partition coefficient (Wildman–Crippen LogP) is 1.96. The lowest BCUT2D eigenvalue weighted by atomic mass is 10.1. The third kappa shape index (κ3) is 4.64. The van der Waals surface area contributed by atoms with Gasteiger partial charge in [0.1, 0.15) is 23.5 Å². The van der Waals surface area contributed by atoms with E-state index in [2.05, 4.69) is 20.4 Å². The molecular formula is C23H24F2N6O4S. The molecule has 1 aromatic heterocycles. The Kier molecular flexibility index (Phi) is 6.14. The van der Waals surface area contributed by atoms with Crippen LogP contribution in [0.3, 0.4) is 0 Å². The Balaban J connectivity index is 1.32. The number of rotatable bonds is 6. The minimum atomic E-state index is -4.19. The second-order valence-electron chi connectivity index (χ2n) is 8.89. The van der Waals surface area contributed by atoms with Gasteiger partial charge in [0.25, 0.3) is 5.91 Å². The number of halogens is 2. The molecule has 190 valence electrons. The smallest absolute Gasteiger partial charge is 0.258 e. The number of benzene rings is 2. The zero-order chi connectivity index (χ0) is 25.6. The number of aromatic amines is 1. The van der Waals surface area contributed by atoms with Crippen LogP contribution in [-0.4, -0.2) is 66.5 Å². The van der Waals surface area contributed by atoms with Crippen molar-refractivity contribution in [3.63, 3.8) is 0 Å². The van der Waals surface area contributed by atoms with E-state index in [0.29, 0.717) is 23.1 Å². The van der Waals surface area contributed by atoms with Gasteiger partial charge in [-0.3, -0.25) is 14.8 Å². The molecule has 3 aromatic rings. The van der Waals surface area contributed by atoms with Gasteiger partial charge in [-0.1, -0.05) is 0 Å². The molecule has 0 spiro atoms. The Morgan fingerprint density at radius 3 is 2.58 bits per heavy atom. The normalized spacial score (nSPS) is 16.9. The number of amides is 1. The fourth-order valence-corrected chi connectivity index (χ4v) is 5.76. The van der Waals surface area contributed by atoms with Crippen LogP contribution >= 0.6 is 0 Å². The second kappa shape index (κ2) is 9.15. The van der Waals surface area contributed by atoms with E-state index >= 15 is 0 Å². The molecule has 0 atom stereocenters. The quantitative estimate of drug-likeness (QED) is 0.425. The van der Waals surface area contributed by atoms with Crippen LogP contribution < -0.4 is 15.8 Å². The van der Waals surface area contributed by atoms with Crippen LogP contribution in [0, 0.1) is 11.6 Å². The molecule has 0 radical (unpaired) electrons. The van der Waals surface area contributed by atoms with Crippen molar-refractivity contribution in [1.82, 2.24) is 19.4 Å². The highest BCUT2D eigenvalue weighted by Crippen LogP contribution is 2.30. The first-order valence-electron chi connectivity index (χ1n) is 11.2. The molecule has 0 bridgehead atoms. The highest BCUT2D eigenvalue weighted by atomic mass is 32.2. The molecular weight excluding hydrogens is 494 g/mol. The zero-order valence-electron chi connectivity index (χ0n) is 19.3. The number of sulfonamides is 1. The van der Waals surface area contributed by atoms with Gasteiger partial charge < -0.3 is 15.8 Å². The topological polar surface area (TPSA) is 134 Å². The third-order valence-corrected chi connectivity index (χ3v) is 8.03. The van der Waals surface area contributed by atoms with Gasteiger partial charge in [0.15, 0.2) is 5.82 Å². The van der Waals surface area contributed by atoms with Crippen molar-refractivity contribution in [3.8, 4) is 5.75 Å². The highest BCUT2D eigenvalue weighted by Gasteiger charge is 2.32. The molecule has 2 aliphatic heterocycles. The van der Waals surface area contributed by atoms with E-state index in [1.165, 1.54) is 0 Å². The fraction of sp³-hybridized carbons (Fsp3) is 0.304. The van der Waals surface area contributed by atoms with Crippen LogP contribution in [0.4, 0.5) is 20.3 Å². The number of aromatic nitrogens is 2. The summed E-state index contributed by atoms with van der Waals surface area (Å²) in [4.78, 5) is 14.6. The van der Waals surface area contributed by atoms with Gasteiger partial charge in [0.2, 0.25) is 10.0 Å². The summed E-state index contributed by atoms with van der Waals surface area (Å²) in [6, 6.07) is 6.94. The number of anilines is 2. The summed E-state index contributed by atoms with van der Waals surface area (Å²) in [5.74, 6) is -1.79. The molecule has 1 amide bonds. The van der Waals surface area contributed by atoms with E-state index in [0.717, 1.165) is 29.5 Å². The number of hydrogen-bond donors (Lipinski definition) is 3. The molecule has 1 fully saturated rings. The summed E-state index contributed by atoms with van der Waals surface area (Å²) in [6.07, 6.45) is 0.354. The van der Waals surface area contributed by atoms with Crippen LogP contribution in [0.25, 0.3) is 0 Å². The zero-order valence-corrected chi connectivity index (χ0v) is 20.1. The number of nitrogen functional groups attached to an aromatic ring is 1. The molecule has 2 aromatic carbocycles. The van der Waals surface area contributed by atoms with Crippen molar-refractivity contribution in [2.24, 2.45) is 0 Å². The summed E-state index contributed by atoms with van der Waals surface area (Å²) in [5, 5.41) is 9.61. The van der Waals surface area contributed by atoms with Crippen LogP contribution in [0.1, 0.15) is 21.6 Å². The third-order valence-electron chi connectivity index (χ3n) is 6.21. The molecule has 0 aliphatic carbocycles. The van der Waals surface area contributed by atoms with Gasteiger partial charge in [-0.05, 0) is 31.3 Å². The highest BCUT2D eigenvalue weighted by molar-refractivity contribution is 7.89. The summed E-state index contributed by atoms with van der Waals surface area (Å²) in [5.41, 5.74) is 7.64. The summed E-state index contributed by atoms with van der Waals surface area (Å²) < 4.78 is 60.2. The van der Waals surface area contributed by atoms with Crippen LogP contribution in [0.2, 0.25) is 0 Å². The van der Waals surface area contributed by atoms with Crippen LogP contribution in [-0.2, 0) is 23.0 Å². The number of likely N-dealkylation sites (N-methyl/N-ethyl adjacent to an activating group) is 1. The lowest BCUT2D eigenvalue weighted by Gasteiger charge is -2.36. The van der Waals surface area contributed by atoms with Crippen molar-refractivity contribution >= 4 is 27.4 Å². The number of carbonyl (C=O) groups excluding carboxylic acids is 1. The first-order valence-corrected chi connectivity index (χ1v) is 12.6. The molecule has 4 N–H and O–H groups in total. The van der Waals surface area contributed by atoms with Crippen LogP contribution in [0.15, 0.2) is 41.3 Å². The monoisotopic (exact) mass is 518 g/mol. The standard InChI is InChI=1S/C23H24F2N6O4S/c1-30-10-16(11-30)35-15-2-3-18(20(26)9-15)23(32)27-22-19-12-31(5-4-21(19)28-29-22)36(33,34)17-7-13(24)6-14(25)8-17/h2-3,6-9,16H,4-5,10-12,26H2,1H3,(H2,27,28,29,32). The maximum Gasteiger partial charge on any atom is 0.258 e. The molecule has 1 saturated heterocycles. The SMILES string of the molecule is CN1CC(Oc2ccc(C(=O)Nc3n[nH]c4c3CN(S(=O)(=O)c3cc(F)cc(F)c3)CC4)c(N)c2)C1. The lowest BCUT2D eigenvalue weighted by Crippen LogP contribution is -2.51. The van der Waals surface area contributed by atoms with Gasteiger partial charge in [-0.15, -0.1) is 0 Å². The fourth-order valence-electron chi connectivity index (χ4n) is 4.31. The van der Waals surface area contributed by atoms with Gasteiger partial charge in [0, 0.05) is 61.7 Å². The lowest BCUT2D eigenvalue weighted by molar-refractivity contribution is 0.0389. The maximum absolute atomic E-state index is 13.6. The van der Waals surface area contributed by atoms with Gasteiger partial charge in [-0.25, -0.2) is 17.2 Å². The molecule has 3 heterocycles. The Hall–Kier alpha value is -3.55. The Morgan fingerprint density at radius 1 is 1.19 bits per heavy atom. The van der Waals surface area contributed by atoms with E-state index < -0.39 is 32.5 Å². The molecule has 36 heavy (non-hydrogen) atoms. The number of carbonyl (C=O) groups is 1. The Morgan fingerprint density at radius 2 is 1.92 bits per heavy atom. The minimum Gasteiger partial charge on any atom is -0.488 e. The summed E-state index contributed by atoms with van der Waals surface area (Å²) >= 11 is 0. The number of ether oxygens (including phenoxy) is 1.